The molecule has 0 aliphatic carbocycles. The molecule has 1 aromatic heterocycles. The van der Waals surface area contributed by atoms with Crippen molar-refractivity contribution in [3.63, 3.8) is 0 Å². The summed E-state index contributed by atoms with van der Waals surface area (Å²) < 4.78 is 23.3. The van der Waals surface area contributed by atoms with Crippen molar-refractivity contribution in [1.82, 2.24) is 5.32 Å². The van der Waals surface area contributed by atoms with Gasteiger partial charge in [-0.05, 0) is 48.4 Å². The SMILES string of the molecule is O=C(COC(=O)c1ccc(-c2ccccc2Cl)o1)NCCc1ccc(F)cc1. The van der Waals surface area contributed by atoms with E-state index in [1.54, 1.807) is 42.5 Å². The summed E-state index contributed by atoms with van der Waals surface area (Å²) in [7, 11) is 0. The fraction of sp³-hybridized carbons (Fsp3) is 0.143. The molecule has 0 spiro atoms. The Morgan fingerprint density at radius 1 is 1.04 bits per heavy atom. The van der Waals surface area contributed by atoms with Gasteiger partial charge in [-0.1, -0.05) is 35.9 Å². The van der Waals surface area contributed by atoms with Gasteiger partial charge in [-0.2, -0.15) is 0 Å². The maximum atomic E-state index is 12.8. The predicted molar refractivity (Wildman–Crippen MR) is 103 cm³/mol. The largest absolute Gasteiger partial charge is 0.450 e. The molecular weight excluding hydrogens is 385 g/mol. The summed E-state index contributed by atoms with van der Waals surface area (Å²) in [4.78, 5) is 23.8. The second-order valence-corrected chi connectivity index (χ2v) is 6.35. The zero-order valence-electron chi connectivity index (χ0n) is 14.8. The Bertz CT molecular complexity index is 969. The lowest BCUT2D eigenvalue weighted by Gasteiger charge is -2.06. The van der Waals surface area contributed by atoms with Gasteiger partial charge in [-0.3, -0.25) is 4.79 Å². The number of rotatable bonds is 7. The monoisotopic (exact) mass is 401 g/mol. The Labute approximate surface area is 166 Å². The van der Waals surface area contributed by atoms with Crippen molar-refractivity contribution in [2.24, 2.45) is 0 Å². The molecule has 0 saturated heterocycles. The van der Waals surface area contributed by atoms with Crippen molar-refractivity contribution in [1.29, 1.82) is 0 Å². The van der Waals surface area contributed by atoms with Gasteiger partial charge >= 0.3 is 5.97 Å². The highest BCUT2D eigenvalue weighted by Gasteiger charge is 2.16. The van der Waals surface area contributed by atoms with E-state index < -0.39 is 18.5 Å². The van der Waals surface area contributed by atoms with Gasteiger partial charge in [0.1, 0.15) is 11.6 Å². The predicted octanol–water partition coefficient (Wildman–Crippen LogP) is 4.25. The van der Waals surface area contributed by atoms with Gasteiger partial charge in [-0.15, -0.1) is 0 Å². The number of hydrogen-bond donors (Lipinski definition) is 1. The molecule has 0 aliphatic heterocycles. The third kappa shape index (κ3) is 5.20. The van der Waals surface area contributed by atoms with Crippen LogP contribution in [0.5, 0.6) is 0 Å². The number of carbonyl (C=O) groups excluding carboxylic acids is 2. The van der Waals surface area contributed by atoms with E-state index in [0.29, 0.717) is 29.3 Å². The van der Waals surface area contributed by atoms with Crippen molar-refractivity contribution < 1.29 is 23.1 Å². The summed E-state index contributed by atoms with van der Waals surface area (Å²) in [5.41, 5.74) is 1.54. The maximum Gasteiger partial charge on any atom is 0.374 e. The summed E-state index contributed by atoms with van der Waals surface area (Å²) in [5, 5.41) is 3.13. The summed E-state index contributed by atoms with van der Waals surface area (Å²) >= 11 is 6.10. The molecule has 0 fully saturated rings. The first-order valence-electron chi connectivity index (χ1n) is 8.56. The molecule has 7 heteroatoms. The molecule has 3 rings (SSSR count). The second kappa shape index (κ2) is 9.19. The number of hydrogen-bond acceptors (Lipinski definition) is 4. The zero-order valence-corrected chi connectivity index (χ0v) is 15.5. The lowest BCUT2D eigenvalue weighted by Crippen LogP contribution is -2.30. The number of amides is 1. The molecule has 5 nitrogen and oxygen atoms in total. The Morgan fingerprint density at radius 2 is 1.79 bits per heavy atom. The normalized spacial score (nSPS) is 10.5. The number of esters is 1. The average molecular weight is 402 g/mol. The molecule has 2 aromatic carbocycles. The lowest BCUT2D eigenvalue weighted by molar-refractivity contribution is -0.124. The maximum absolute atomic E-state index is 12.8. The zero-order chi connectivity index (χ0) is 19.9. The molecular formula is C21H17ClFNO4. The smallest absolute Gasteiger partial charge is 0.374 e. The molecule has 0 atom stereocenters. The molecule has 1 heterocycles. The van der Waals surface area contributed by atoms with Gasteiger partial charge in [0.25, 0.3) is 5.91 Å². The molecule has 144 valence electrons. The van der Waals surface area contributed by atoms with Crippen LogP contribution in [0.4, 0.5) is 4.39 Å². The molecule has 3 aromatic rings. The molecule has 1 amide bonds. The van der Waals surface area contributed by atoms with Crippen molar-refractivity contribution >= 4 is 23.5 Å². The Morgan fingerprint density at radius 3 is 2.54 bits per heavy atom. The standard InChI is InChI=1S/C21H17ClFNO4/c22-17-4-2-1-3-16(17)18-9-10-19(28-18)21(26)27-13-20(25)24-12-11-14-5-7-15(23)8-6-14/h1-10H,11-13H2,(H,24,25). The van der Waals surface area contributed by atoms with Crippen LogP contribution in [0.1, 0.15) is 16.1 Å². The minimum absolute atomic E-state index is 0.0194. The molecule has 0 unspecified atom stereocenters. The van der Waals surface area contributed by atoms with Gasteiger partial charge < -0.3 is 14.5 Å². The van der Waals surface area contributed by atoms with Crippen LogP contribution in [0.25, 0.3) is 11.3 Å². The fourth-order valence-corrected chi connectivity index (χ4v) is 2.73. The van der Waals surface area contributed by atoms with E-state index in [4.69, 9.17) is 20.8 Å². The molecule has 28 heavy (non-hydrogen) atoms. The highest BCUT2D eigenvalue weighted by molar-refractivity contribution is 6.33. The van der Waals surface area contributed by atoms with Gasteiger partial charge in [0, 0.05) is 12.1 Å². The van der Waals surface area contributed by atoms with Crippen molar-refractivity contribution in [2.75, 3.05) is 13.2 Å². The van der Waals surface area contributed by atoms with E-state index in [1.807, 2.05) is 0 Å². The van der Waals surface area contributed by atoms with Crippen LogP contribution in [0, 0.1) is 5.82 Å². The quantitative estimate of drug-likeness (QED) is 0.601. The molecule has 0 saturated carbocycles. The Balaban J connectivity index is 1.45. The number of ether oxygens (including phenoxy) is 1. The fourth-order valence-electron chi connectivity index (χ4n) is 2.50. The number of halogens is 2. The minimum atomic E-state index is -0.744. The number of benzene rings is 2. The number of nitrogens with one attached hydrogen (secondary N) is 1. The Hall–Kier alpha value is -3.12. The van der Waals surface area contributed by atoms with Crippen molar-refractivity contribution in [3.05, 3.63) is 82.8 Å². The third-order valence-corrected chi connectivity index (χ3v) is 4.26. The summed E-state index contributed by atoms with van der Waals surface area (Å²) in [6.45, 7) is -0.0796. The van der Waals surface area contributed by atoms with Crippen LogP contribution < -0.4 is 5.32 Å². The molecule has 0 bridgehead atoms. The second-order valence-electron chi connectivity index (χ2n) is 5.95. The van der Waals surface area contributed by atoms with Crippen LogP contribution >= 0.6 is 11.6 Å². The van der Waals surface area contributed by atoms with E-state index in [0.717, 1.165) is 5.56 Å². The summed E-state index contributed by atoms with van der Waals surface area (Å²) in [5.74, 6) is -1.08. The van der Waals surface area contributed by atoms with Crippen LogP contribution in [-0.2, 0) is 16.0 Å². The summed E-state index contributed by atoms with van der Waals surface area (Å²) in [6, 6.07) is 16.2. The van der Waals surface area contributed by atoms with Crippen LogP contribution in [-0.4, -0.2) is 25.0 Å². The summed E-state index contributed by atoms with van der Waals surface area (Å²) in [6.07, 6.45) is 0.541. The van der Waals surface area contributed by atoms with Crippen LogP contribution in [0.15, 0.2) is 65.1 Å². The molecule has 0 radical (unpaired) electrons. The highest BCUT2D eigenvalue weighted by Crippen LogP contribution is 2.29. The third-order valence-electron chi connectivity index (χ3n) is 3.93. The highest BCUT2D eigenvalue weighted by atomic mass is 35.5. The van der Waals surface area contributed by atoms with E-state index >= 15 is 0 Å². The first-order valence-corrected chi connectivity index (χ1v) is 8.94. The average Bonchev–Trinajstić information content (AvgIpc) is 3.18. The van der Waals surface area contributed by atoms with Crippen LogP contribution in [0.2, 0.25) is 5.02 Å². The lowest BCUT2D eigenvalue weighted by atomic mass is 10.1. The Kier molecular flexibility index (Phi) is 6.45. The van der Waals surface area contributed by atoms with E-state index in [1.165, 1.54) is 18.2 Å². The topological polar surface area (TPSA) is 68.5 Å². The minimum Gasteiger partial charge on any atom is -0.450 e. The van der Waals surface area contributed by atoms with E-state index in [-0.39, 0.29) is 11.6 Å². The van der Waals surface area contributed by atoms with Gasteiger partial charge in [-0.25, -0.2) is 9.18 Å². The van der Waals surface area contributed by atoms with Crippen LogP contribution in [0.3, 0.4) is 0 Å². The molecule has 0 aliphatic rings. The van der Waals surface area contributed by atoms with Gasteiger partial charge in [0.2, 0.25) is 5.76 Å². The number of furan rings is 1. The van der Waals surface area contributed by atoms with Crippen molar-refractivity contribution in [3.8, 4) is 11.3 Å². The first kappa shape index (κ1) is 19.6. The molecule has 1 N–H and O–H groups in total. The van der Waals surface area contributed by atoms with Gasteiger partial charge in [0.15, 0.2) is 6.61 Å². The van der Waals surface area contributed by atoms with Gasteiger partial charge in [0.05, 0.1) is 5.02 Å². The van der Waals surface area contributed by atoms with Crippen molar-refractivity contribution in [2.45, 2.75) is 6.42 Å². The number of carbonyl (C=O) groups is 2. The first-order chi connectivity index (χ1) is 13.5. The van der Waals surface area contributed by atoms with E-state index in [9.17, 15) is 14.0 Å². The van der Waals surface area contributed by atoms with E-state index in [2.05, 4.69) is 5.32 Å².